The van der Waals surface area contributed by atoms with Crippen molar-refractivity contribution in [2.24, 2.45) is 5.14 Å². The van der Waals surface area contributed by atoms with Crippen LogP contribution in [0.3, 0.4) is 0 Å². The van der Waals surface area contributed by atoms with Crippen LogP contribution in [0.4, 0.5) is 5.82 Å². The van der Waals surface area contributed by atoms with Crippen LogP contribution in [-0.4, -0.2) is 13.4 Å². The molecule has 0 radical (unpaired) electrons. The Bertz CT molecular complexity index is 610. The maximum atomic E-state index is 11.1. The minimum absolute atomic E-state index is 0.115. The van der Waals surface area contributed by atoms with E-state index in [9.17, 15) is 8.42 Å². The molecule has 0 fully saturated rings. The second-order valence-corrected chi connectivity index (χ2v) is 5.32. The molecular formula is C12H13N3O2S. The number of primary sulfonamides is 1. The summed E-state index contributed by atoms with van der Waals surface area (Å²) < 4.78 is 22.2. The van der Waals surface area contributed by atoms with Crippen molar-refractivity contribution in [3.63, 3.8) is 0 Å². The number of nitrogens with zero attached hydrogens (tertiary/aromatic N) is 1. The zero-order chi connectivity index (χ0) is 13.0. The molecule has 0 amide bonds. The van der Waals surface area contributed by atoms with E-state index < -0.39 is 10.0 Å². The van der Waals surface area contributed by atoms with Crippen LogP contribution in [0.5, 0.6) is 0 Å². The molecule has 2 aromatic rings. The standard InChI is InChI=1S/C12H13N3O2S/c13-18(16,17)11-6-4-10(5-7-11)9-15-12-3-1-2-8-14-12/h1-8H,9H2,(H,14,15)(H2,13,16,17). The Morgan fingerprint density at radius 2 is 1.83 bits per heavy atom. The van der Waals surface area contributed by atoms with Crippen LogP contribution in [0.2, 0.25) is 0 Å². The predicted molar refractivity (Wildman–Crippen MR) is 69.4 cm³/mol. The number of benzene rings is 1. The van der Waals surface area contributed by atoms with E-state index in [1.165, 1.54) is 12.1 Å². The molecule has 0 spiro atoms. The largest absolute Gasteiger partial charge is 0.366 e. The second kappa shape index (κ2) is 5.16. The molecule has 0 unspecified atom stereocenters. The summed E-state index contributed by atoms with van der Waals surface area (Å²) in [4.78, 5) is 4.24. The molecule has 0 atom stereocenters. The molecule has 1 heterocycles. The van der Waals surface area contributed by atoms with Gasteiger partial charge in [0.05, 0.1) is 4.90 Å². The van der Waals surface area contributed by atoms with Gasteiger partial charge >= 0.3 is 0 Å². The lowest BCUT2D eigenvalue weighted by Gasteiger charge is -2.05. The summed E-state index contributed by atoms with van der Waals surface area (Å²) in [6.45, 7) is 0.571. The lowest BCUT2D eigenvalue weighted by atomic mass is 10.2. The number of aromatic nitrogens is 1. The van der Waals surface area contributed by atoms with Crippen molar-refractivity contribution in [2.75, 3.05) is 5.32 Å². The quantitative estimate of drug-likeness (QED) is 0.871. The number of hydrogen-bond acceptors (Lipinski definition) is 4. The van der Waals surface area contributed by atoms with E-state index in [1.807, 2.05) is 18.2 Å². The predicted octanol–water partition coefficient (Wildman–Crippen LogP) is 1.34. The zero-order valence-corrected chi connectivity index (χ0v) is 10.4. The average molecular weight is 263 g/mol. The van der Waals surface area contributed by atoms with Crippen LogP contribution >= 0.6 is 0 Å². The highest BCUT2D eigenvalue weighted by Crippen LogP contribution is 2.10. The molecule has 0 aliphatic heterocycles. The summed E-state index contributed by atoms with van der Waals surface area (Å²) in [5.74, 6) is 0.771. The van der Waals surface area contributed by atoms with Gasteiger partial charge in [-0.15, -0.1) is 0 Å². The van der Waals surface area contributed by atoms with Crippen molar-refractivity contribution in [2.45, 2.75) is 11.4 Å². The van der Waals surface area contributed by atoms with Gasteiger partial charge in [-0.2, -0.15) is 0 Å². The molecule has 18 heavy (non-hydrogen) atoms. The van der Waals surface area contributed by atoms with Crippen molar-refractivity contribution in [3.05, 3.63) is 54.2 Å². The highest BCUT2D eigenvalue weighted by atomic mass is 32.2. The summed E-state index contributed by atoms with van der Waals surface area (Å²) in [5.41, 5.74) is 0.952. The van der Waals surface area contributed by atoms with Crippen LogP contribution in [0.1, 0.15) is 5.56 Å². The Labute approximate surface area is 106 Å². The lowest BCUT2D eigenvalue weighted by Crippen LogP contribution is -2.12. The molecule has 0 saturated carbocycles. The Balaban J connectivity index is 2.03. The van der Waals surface area contributed by atoms with Gasteiger partial charge in [0, 0.05) is 12.7 Å². The molecule has 0 aliphatic carbocycles. The maximum absolute atomic E-state index is 11.1. The molecule has 0 aliphatic rings. The first-order valence-corrected chi connectivity index (χ1v) is 6.87. The fraction of sp³-hybridized carbons (Fsp3) is 0.0833. The van der Waals surface area contributed by atoms with Crippen molar-refractivity contribution >= 4 is 15.8 Å². The monoisotopic (exact) mass is 263 g/mol. The van der Waals surface area contributed by atoms with Crippen LogP contribution in [-0.2, 0) is 16.6 Å². The van der Waals surface area contributed by atoms with Crippen molar-refractivity contribution < 1.29 is 8.42 Å². The first-order chi connectivity index (χ1) is 8.55. The number of pyridine rings is 1. The second-order valence-electron chi connectivity index (χ2n) is 3.76. The number of rotatable bonds is 4. The smallest absolute Gasteiger partial charge is 0.238 e. The molecule has 0 saturated heterocycles. The first-order valence-electron chi connectivity index (χ1n) is 5.32. The van der Waals surface area contributed by atoms with Gasteiger partial charge < -0.3 is 5.32 Å². The van der Waals surface area contributed by atoms with E-state index in [1.54, 1.807) is 18.3 Å². The number of nitrogens with two attached hydrogens (primary N) is 1. The number of anilines is 1. The van der Waals surface area contributed by atoms with E-state index in [4.69, 9.17) is 5.14 Å². The zero-order valence-electron chi connectivity index (χ0n) is 9.58. The van der Waals surface area contributed by atoms with E-state index in [-0.39, 0.29) is 4.90 Å². The van der Waals surface area contributed by atoms with Gasteiger partial charge in [0.1, 0.15) is 5.82 Å². The topological polar surface area (TPSA) is 85.1 Å². The van der Waals surface area contributed by atoms with Crippen LogP contribution in [0, 0.1) is 0 Å². The van der Waals surface area contributed by atoms with Gasteiger partial charge in [0.2, 0.25) is 10.0 Å². The van der Waals surface area contributed by atoms with Crippen LogP contribution in [0.15, 0.2) is 53.6 Å². The highest BCUT2D eigenvalue weighted by Gasteiger charge is 2.06. The van der Waals surface area contributed by atoms with Gasteiger partial charge in [-0.1, -0.05) is 18.2 Å². The molecule has 5 nitrogen and oxygen atoms in total. The van der Waals surface area contributed by atoms with Gasteiger partial charge in [-0.25, -0.2) is 18.5 Å². The number of hydrogen-bond donors (Lipinski definition) is 2. The Kier molecular flexibility index (Phi) is 3.59. The molecule has 0 bridgehead atoms. The molecule has 2 rings (SSSR count). The van der Waals surface area contributed by atoms with E-state index >= 15 is 0 Å². The van der Waals surface area contributed by atoms with E-state index in [2.05, 4.69) is 10.3 Å². The number of sulfonamides is 1. The number of nitrogens with one attached hydrogen (secondary N) is 1. The minimum Gasteiger partial charge on any atom is -0.366 e. The third-order valence-corrected chi connectivity index (χ3v) is 3.32. The summed E-state index contributed by atoms with van der Waals surface area (Å²) in [5, 5.41) is 8.15. The normalized spacial score (nSPS) is 11.2. The Hall–Kier alpha value is -1.92. The van der Waals surface area contributed by atoms with Gasteiger partial charge in [0.25, 0.3) is 0 Å². The maximum Gasteiger partial charge on any atom is 0.238 e. The molecule has 1 aromatic carbocycles. The van der Waals surface area contributed by atoms with Crippen LogP contribution in [0.25, 0.3) is 0 Å². The summed E-state index contributed by atoms with van der Waals surface area (Å²) >= 11 is 0. The Morgan fingerprint density at radius 1 is 1.11 bits per heavy atom. The van der Waals surface area contributed by atoms with Crippen molar-refractivity contribution in [3.8, 4) is 0 Å². The summed E-state index contributed by atoms with van der Waals surface area (Å²) in [6.07, 6.45) is 1.70. The average Bonchev–Trinajstić information content (AvgIpc) is 2.37. The van der Waals surface area contributed by atoms with E-state index in [0.29, 0.717) is 6.54 Å². The van der Waals surface area contributed by atoms with Gasteiger partial charge in [-0.05, 0) is 29.8 Å². The fourth-order valence-electron chi connectivity index (χ4n) is 1.46. The highest BCUT2D eigenvalue weighted by molar-refractivity contribution is 7.89. The minimum atomic E-state index is -3.62. The van der Waals surface area contributed by atoms with Crippen molar-refractivity contribution in [1.82, 2.24) is 4.98 Å². The third-order valence-electron chi connectivity index (χ3n) is 2.39. The van der Waals surface area contributed by atoms with Gasteiger partial charge in [0.15, 0.2) is 0 Å². The van der Waals surface area contributed by atoms with Crippen molar-refractivity contribution in [1.29, 1.82) is 0 Å². The summed E-state index contributed by atoms with van der Waals surface area (Å²) in [6, 6.07) is 12.0. The lowest BCUT2D eigenvalue weighted by molar-refractivity contribution is 0.598. The van der Waals surface area contributed by atoms with Gasteiger partial charge in [-0.3, -0.25) is 0 Å². The SMILES string of the molecule is NS(=O)(=O)c1ccc(CNc2ccccn2)cc1. The summed E-state index contributed by atoms with van der Waals surface area (Å²) in [7, 11) is -3.62. The third kappa shape index (κ3) is 3.28. The molecular weight excluding hydrogens is 250 g/mol. The molecule has 1 aromatic heterocycles. The Morgan fingerprint density at radius 3 is 2.39 bits per heavy atom. The molecule has 6 heteroatoms. The van der Waals surface area contributed by atoms with E-state index in [0.717, 1.165) is 11.4 Å². The first kappa shape index (κ1) is 12.5. The fourth-order valence-corrected chi connectivity index (χ4v) is 1.97. The molecule has 94 valence electrons. The molecule has 3 N–H and O–H groups in total. The van der Waals surface area contributed by atoms with Crippen LogP contribution < -0.4 is 10.5 Å².